The second kappa shape index (κ2) is 12.4. The van der Waals surface area contributed by atoms with Gasteiger partial charge in [-0.05, 0) is 0 Å². The average molecular weight is 255 g/mol. The molecule has 0 spiro atoms. The molecule has 0 atom stereocenters. The van der Waals surface area contributed by atoms with Crippen molar-refractivity contribution in [3.8, 4) is 0 Å². The monoisotopic (exact) mass is 256 g/mol. The predicted octanol–water partition coefficient (Wildman–Crippen LogP) is -0.271. The molecule has 79 valence electrons. The first-order chi connectivity index (χ1) is 6.41. The molecular weight excluding hydrogens is 237 g/mol. The summed E-state index contributed by atoms with van der Waals surface area (Å²) >= 11 is 2.69. The van der Waals surface area contributed by atoms with E-state index in [4.69, 9.17) is 14.2 Å². The second-order valence-corrected chi connectivity index (χ2v) is 2.92. The molecule has 0 aromatic heterocycles. The third-order valence-electron chi connectivity index (χ3n) is 1.30. The van der Waals surface area contributed by atoms with Crippen molar-refractivity contribution in [1.82, 2.24) is 4.33 Å². The van der Waals surface area contributed by atoms with Crippen molar-refractivity contribution in [2.24, 2.45) is 0 Å². The van der Waals surface area contributed by atoms with Crippen LogP contribution < -0.4 is 4.33 Å². The van der Waals surface area contributed by atoms with E-state index in [0.717, 1.165) is 13.2 Å². The van der Waals surface area contributed by atoms with Crippen molar-refractivity contribution in [3.63, 3.8) is 0 Å². The molecule has 0 fully saturated rings. The first-order valence-corrected chi connectivity index (χ1v) is 5.35. The topological polar surface area (TPSA) is 39.7 Å². The van der Waals surface area contributed by atoms with Crippen LogP contribution in [0, 0.1) is 0 Å². The van der Waals surface area contributed by atoms with Crippen LogP contribution in [-0.4, -0.2) is 62.4 Å². The number of hydrogen-bond donors (Lipinski definition) is 1. The zero-order valence-corrected chi connectivity index (χ0v) is 9.80. The van der Waals surface area contributed by atoms with E-state index in [9.17, 15) is 0 Å². The molecule has 0 unspecified atom stereocenters. The van der Waals surface area contributed by atoms with Gasteiger partial charge >= 0.3 is 87.9 Å². The Kier molecular flexibility index (Phi) is 12.7. The number of rotatable bonds is 10. The number of hydrogen-bond acceptors (Lipinski definition) is 4. The molecule has 0 amide bonds. The number of nitrogens with one attached hydrogen (secondary N) is 1. The molecule has 0 aliphatic carbocycles. The van der Waals surface area contributed by atoms with Gasteiger partial charge in [-0.2, -0.15) is 0 Å². The van der Waals surface area contributed by atoms with Gasteiger partial charge in [0.2, 0.25) is 0 Å². The van der Waals surface area contributed by atoms with Crippen molar-refractivity contribution in [2.75, 3.05) is 46.2 Å². The molecule has 0 rings (SSSR count). The van der Waals surface area contributed by atoms with Gasteiger partial charge in [0, 0.05) is 0 Å². The fraction of sp³-hybridized carbons (Fsp3) is 1.00. The quantitative estimate of drug-likeness (QED) is 0.431. The predicted molar refractivity (Wildman–Crippen MR) is 51.9 cm³/mol. The summed E-state index contributed by atoms with van der Waals surface area (Å²) in [5, 5.41) is 0. The van der Waals surface area contributed by atoms with Gasteiger partial charge in [0.25, 0.3) is 0 Å². The third-order valence-corrected chi connectivity index (χ3v) is 1.72. The van der Waals surface area contributed by atoms with Crippen molar-refractivity contribution < 1.29 is 14.2 Å². The Morgan fingerprint density at radius 1 is 0.923 bits per heavy atom. The second-order valence-electron chi connectivity index (χ2n) is 2.32. The molecule has 1 N–H and O–H groups in total. The molecule has 0 heterocycles. The Morgan fingerprint density at radius 2 is 1.46 bits per heavy atom. The van der Waals surface area contributed by atoms with Gasteiger partial charge in [-0.25, -0.2) is 0 Å². The van der Waals surface area contributed by atoms with Crippen LogP contribution in [0.3, 0.4) is 0 Å². The Labute approximate surface area is 88.3 Å². The average Bonchev–Trinajstić information content (AvgIpc) is 2.16. The molecule has 0 aliphatic heterocycles. The maximum absolute atomic E-state index is 5.24. The van der Waals surface area contributed by atoms with Crippen molar-refractivity contribution >= 4 is 16.2 Å². The minimum atomic E-state index is 0.639. The zero-order valence-electron chi connectivity index (χ0n) is 8.08. The van der Waals surface area contributed by atoms with Crippen LogP contribution in [0.2, 0.25) is 0 Å². The van der Waals surface area contributed by atoms with E-state index in [1.54, 1.807) is 0 Å². The van der Waals surface area contributed by atoms with Crippen LogP contribution in [0.15, 0.2) is 0 Å². The van der Waals surface area contributed by atoms with E-state index in [0.29, 0.717) is 33.0 Å². The summed E-state index contributed by atoms with van der Waals surface area (Å²) in [7, 11) is 0. The Bertz CT molecular complexity index is 85.5. The summed E-state index contributed by atoms with van der Waals surface area (Å²) < 4.78 is 18.4. The Hall–Kier alpha value is 0.359. The van der Waals surface area contributed by atoms with Gasteiger partial charge in [-0.1, -0.05) is 0 Å². The minimum absolute atomic E-state index is 0.639. The van der Waals surface area contributed by atoms with Gasteiger partial charge < -0.3 is 0 Å². The van der Waals surface area contributed by atoms with Crippen LogP contribution >= 0.6 is 0 Å². The summed E-state index contributed by atoms with van der Waals surface area (Å²) in [4.78, 5) is 0. The molecule has 4 nitrogen and oxygen atoms in total. The van der Waals surface area contributed by atoms with E-state index in [1.165, 1.54) is 0 Å². The van der Waals surface area contributed by atoms with Gasteiger partial charge in [0.1, 0.15) is 0 Å². The van der Waals surface area contributed by atoms with Crippen molar-refractivity contribution in [3.05, 3.63) is 0 Å². The molecule has 0 bridgehead atoms. The van der Waals surface area contributed by atoms with Gasteiger partial charge in [0.15, 0.2) is 0 Å². The molecule has 0 saturated carbocycles. The fourth-order valence-electron chi connectivity index (χ4n) is 0.698. The van der Waals surface area contributed by atoms with E-state index >= 15 is 0 Å². The zero-order chi connectivity index (χ0) is 9.78. The Balaban J connectivity index is 2.76. The Morgan fingerprint density at radius 3 is 2.00 bits per heavy atom. The molecule has 0 aliphatic rings. The molecule has 0 aromatic rings. The standard InChI is InChI=1S/C8H18NO3Se/c1-2-10-5-6-12-8-7-11-4-3-9-13/h9H,2-8H2,1H3. The van der Waals surface area contributed by atoms with Gasteiger partial charge in [-0.15, -0.1) is 0 Å². The molecule has 13 heavy (non-hydrogen) atoms. The summed E-state index contributed by atoms with van der Waals surface area (Å²) in [6.45, 7) is 6.87. The van der Waals surface area contributed by atoms with Crippen LogP contribution in [0.25, 0.3) is 0 Å². The first kappa shape index (κ1) is 13.4. The van der Waals surface area contributed by atoms with E-state index in [-0.39, 0.29) is 0 Å². The van der Waals surface area contributed by atoms with Gasteiger partial charge in [-0.3, -0.25) is 0 Å². The molecule has 5 heteroatoms. The fourth-order valence-corrected chi connectivity index (χ4v) is 0.873. The number of ether oxygens (including phenoxy) is 3. The summed E-state index contributed by atoms with van der Waals surface area (Å²) in [5.41, 5.74) is 0. The van der Waals surface area contributed by atoms with Crippen molar-refractivity contribution in [1.29, 1.82) is 0 Å². The van der Waals surface area contributed by atoms with Gasteiger partial charge in [0.05, 0.1) is 0 Å². The van der Waals surface area contributed by atoms with Crippen LogP contribution in [0.5, 0.6) is 0 Å². The summed E-state index contributed by atoms with van der Waals surface area (Å²) in [6, 6.07) is 0. The third kappa shape index (κ3) is 12.4. The van der Waals surface area contributed by atoms with E-state index < -0.39 is 0 Å². The maximum atomic E-state index is 5.24. The summed E-state index contributed by atoms with van der Waals surface area (Å²) in [5.74, 6) is 0. The first-order valence-electron chi connectivity index (χ1n) is 4.50. The van der Waals surface area contributed by atoms with Crippen molar-refractivity contribution in [2.45, 2.75) is 6.92 Å². The van der Waals surface area contributed by atoms with E-state index in [1.807, 2.05) is 6.92 Å². The SMILES string of the molecule is CCOCCOCCOCCN[Se]. The molecular formula is C8H18NO3Se. The normalized spacial score (nSPS) is 10.6. The molecule has 0 saturated heterocycles. The van der Waals surface area contributed by atoms with Crippen LogP contribution in [-0.2, 0) is 14.2 Å². The molecule has 1 radical (unpaired) electrons. The van der Waals surface area contributed by atoms with E-state index in [2.05, 4.69) is 20.6 Å². The molecule has 0 aromatic carbocycles. The van der Waals surface area contributed by atoms with Crippen LogP contribution in [0.4, 0.5) is 0 Å². The van der Waals surface area contributed by atoms with Crippen LogP contribution in [0.1, 0.15) is 6.92 Å². The summed E-state index contributed by atoms with van der Waals surface area (Å²) in [6.07, 6.45) is 0.